The van der Waals surface area contributed by atoms with Gasteiger partial charge in [0.2, 0.25) is 10.0 Å². The van der Waals surface area contributed by atoms with E-state index in [-0.39, 0.29) is 4.90 Å². The molecular weight excluding hydrogens is 278 g/mol. The third-order valence-electron chi connectivity index (χ3n) is 2.48. The van der Waals surface area contributed by atoms with Crippen molar-refractivity contribution in [2.75, 3.05) is 0 Å². The Balaban J connectivity index is 3.68. The number of hydrogen-bond acceptors (Lipinski definition) is 2. The van der Waals surface area contributed by atoms with Crippen LogP contribution in [-0.4, -0.2) is 8.42 Å². The second-order valence-electron chi connectivity index (χ2n) is 3.62. The Labute approximate surface area is 98.9 Å². The zero-order valence-corrected chi connectivity index (χ0v) is 11.4. The molecular formula is C10H14BrNO2S. The third kappa shape index (κ3) is 2.41. The summed E-state index contributed by atoms with van der Waals surface area (Å²) in [7, 11) is -3.63. The molecule has 0 heterocycles. The fourth-order valence-electron chi connectivity index (χ4n) is 1.85. The van der Waals surface area contributed by atoms with Crippen LogP contribution in [-0.2, 0) is 15.4 Å². The first-order chi connectivity index (χ1) is 6.79. The van der Waals surface area contributed by atoms with E-state index in [2.05, 4.69) is 15.9 Å². The normalized spacial score (nSPS) is 11.8. The molecule has 0 aliphatic rings. The second kappa shape index (κ2) is 4.23. The first kappa shape index (κ1) is 12.7. The van der Waals surface area contributed by atoms with Crippen LogP contribution < -0.4 is 5.14 Å². The average Bonchev–Trinajstić information content (AvgIpc) is 2.00. The molecule has 1 rings (SSSR count). The van der Waals surface area contributed by atoms with Gasteiger partial charge in [0.15, 0.2) is 0 Å². The first-order valence-corrected chi connectivity index (χ1v) is 7.14. The van der Waals surface area contributed by atoms with Crippen molar-refractivity contribution in [2.24, 2.45) is 5.14 Å². The highest BCUT2D eigenvalue weighted by Gasteiger charge is 2.18. The van der Waals surface area contributed by atoms with Gasteiger partial charge in [-0.2, -0.15) is 0 Å². The largest absolute Gasteiger partial charge is 0.238 e. The summed E-state index contributed by atoms with van der Waals surface area (Å²) < 4.78 is 22.8. The molecule has 84 valence electrons. The summed E-state index contributed by atoms with van der Waals surface area (Å²) in [6.45, 7) is 5.51. The molecule has 0 aromatic heterocycles. The van der Waals surface area contributed by atoms with E-state index in [4.69, 9.17) is 5.14 Å². The summed E-state index contributed by atoms with van der Waals surface area (Å²) in [5.74, 6) is 0. The minimum atomic E-state index is -3.63. The molecule has 0 amide bonds. The van der Waals surface area contributed by atoms with Crippen molar-refractivity contribution in [2.45, 2.75) is 31.0 Å². The van der Waals surface area contributed by atoms with E-state index in [9.17, 15) is 8.42 Å². The molecule has 0 fully saturated rings. The molecule has 0 saturated heterocycles. The minimum Gasteiger partial charge on any atom is -0.225 e. The summed E-state index contributed by atoms with van der Waals surface area (Å²) in [5.41, 5.74) is 3.52. The van der Waals surface area contributed by atoms with Crippen LogP contribution in [0.3, 0.4) is 0 Å². The van der Waals surface area contributed by atoms with Gasteiger partial charge in [0.05, 0.1) is 4.90 Å². The topological polar surface area (TPSA) is 60.2 Å². The monoisotopic (exact) mass is 291 g/mol. The Morgan fingerprint density at radius 3 is 2.20 bits per heavy atom. The van der Waals surface area contributed by atoms with E-state index < -0.39 is 10.0 Å². The highest BCUT2D eigenvalue weighted by molar-refractivity contribution is 9.08. The number of hydrogen-bond donors (Lipinski definition) is 1. The molecule has 1 aromatic rings. The summed E-state index contributed by atoms with van der Waals surface area (Å²) in [6.07, 6.45) is 0. The third-order valence-corrected chi connectivity index (χ3v) is 4.24. The Kier molecular flexibility index (Phi) is 3.58. The van der Waals surface area contributed by atoms with Gasteiger partial charge in [0, 0.05) is 5.33 Å². The molecule has 0 aliphatic heterocycles. The maximum atomic E-state index is 11.4. The second-order valence-corrected chi connectivity index (χ2v) is 5.68. The molecule has 0 spiro atoms. The van der Waals surface area contributed by atoms with Gasteiger partial charge in [0.25, 0.3) is 0 Å². The van der Waals surface area contributed by atoms with Crippen LogP contribution >= 0.6 is 15.9 Å². The molecule has 1 aromatic carbocycles. The highest BCUT2D eigenvalue weighted by Crippen LogP contribution is 2.26. The lowest BCUT2D eigenvalue weighted by molar-refractivity contribution is 0.596. The van der Waals surface area contributed by atoms with Gasteiger partial charge in [-0.1, -0.05) is 22.0 Å². The van der Waals surface area contributed by atoms with Crippen LogP contribution in [0.4, 0.5) is 0 Å². The zero-order valence-electron chi connectivity index (χ0n) is 8.96. The predicted molar refractivity (Wildman–Crippen MR) is 64.7 cm³/mol. The number of aryl methyl sites for hydroxylation is 2. The van der Waals surface area contributed by atoms with E-state index >= 15 is 0 Å². The van der Waals surface area contributed by atoms with Crippen molar-refractivity contribution >= 4 is 26.0 Å². The highest BCUT2D eigenvalue weighted by atomic mass is 79.9. The van der Waals surface area contributed by atoms with Gasteiger partial charge in [-0.05, 0) is 43.0 Å². The van der Waals surface area contributed by atoms with Crippen LogP contribution in [0.5, 0.6) is 0 Å². The van der Waals surface area contributed by atoms with Crippen LogP contribution in [0, 0.1) is 20.8 Å². The van der Waals surface area contributed by atoms with Crippen LogP contribution in [0.25, 0.3) is 0 Å². The van der Waals surface area contributed by atoms with Crippen molar-refractivity contribution in [1.82, 2.24) is 0 Å². The minimum absolute atomic E-state index is 0.252. The van der Waals surface area contributed by atoms with Gasteiger partial charge in [-0.3, -0.25) is 0 Å². The van der Waals surface area contributed by atoms with Crippen LogP contribution in [0.1, 0.15) is 22.3 Å². The lowest BCUT2D eigenvalue weighted by atomic mass is 10.0. The summed E-state index contributed by atoms with van der Waals surface area (Å²) in [4.78, 5) is 0.252. The number of benzene rings is 1. The zero-order chi connectivity index (χ0) is 11.8. The van der Waals surface area contributed by atoms with E-state index in [1.807, 2.05) is 13.0 Å². The maximum absolute atomic E-state index is 11.4. The van der Waals surface area contributed by atoms with Crippen LogP contribution in [0.2, 0.25) is 0 Å². The van der Waals surface area contributed by atoms with Crippen molar-refractivity contribution < 1.29 is 8.42 Å². The average molecular weight is 292 g/mol. The Morgan fingerprint density at radius 2 is 1.80 bits per heavy atom. The van der Waals surface area contributed by atoms with Crippen molar-refractivity contribution in [3.63, 3.8) is 0 Å². The van der Waals surface area contributed by atoms with Gasteiger partial charge in [0.1, 0.15) is 0 Å². The van der Waals surface area contributed by atoms with Gasteiger partial charge in [-0.15, -0.1) is 0 Å². The Bertz CT molecular complexity index is 495. The van der Waals surface area contributed by atoms with E-state index in [0.29, 0.717) is 10.9 Å². The molecule has 3 nitrogen and oxygen atoms in total. The number of sulfonamides is 1. The molecule has 0 unspecified atom stereocenters. The number of nitrogens with two attached hydrogens (primary N) is 1. The smallest absolute Gasteiger partial charge is 0.225 e. The van der Waals surface area contributed by atoms with Crippen LogP contribution in [0.15, 0.2) is 11.0 Å². The molecule has 2 N–H and O–H groups in total. The maximum Gasteiger partial charge on any atom is 0.238 e. The molecule has 15 heavy (non-hydrogen) atoms. The SMILES string of the molecule is Cc1cc(C)c(S(N)(=O)=O)c(C)c1CBr. The van der Waals surface area contributed by atoms with Crippen molar-refractivity contribution in [3.8, 4) is 0 Å². The molecule has 0 atom stereocenters. The predicted octanol–water partition coefficient (Wildman–Crippen LogP) is 2.15. The molecule has 0 bridgehead atoms. The van der Waals surface area contributed by atoms with Crippen molar-refractivity contribution in [1.29, 1.82) is 0 Å². The first-order valence-electron chi connectivity index (χ1n) is 4.47. The molecule has 0 aliphatic carbocycles. The summed E-state index contributed by atoms with van der Waals surface area (Å²) in [6, 6.07) is 1.85. The lowest BCUT2D eigenvalue weighted by Gasteiger charge is -2.14. The van der Waals surface area contributed by atoms with Gasteiger partial charge >= 0.3 is 0 Å². The Morgan fingerprint density at radius 1 is 1.27 bits per heavy atom. The van der Waals surface area contributed by atoms with Gasteiger partial charge < -0.3 is 0 Å². The number of halogens is 1. The summed E-state index contributed by atoms with van der Waals surface area (Å²) in [5, 5.41) is 5.82. The van der Waals surface area contributed by atoms with E-state index in [1.54, 1.807) is 13.8 Å². The van der Waals surface area contributed by atoms with E-state index in [1.165, 1.54) is 0 Å². The number of rotatable bonds is 2. The quantitative estimate of drug-likeness (QED) is 0.849. The Hall–Kier alpha value is -0.390. The summed E-state index contributed by atoms with van der Waals surface area (Å²) >= 11 is 3.35. The number of primary sulfonamides is 1. The molecule has 5 heteroatoms. The fourth-order valence-corrected chi connectivity index (χ4v) is 3.77. The molecule has 0 saturated carbocycles. The fraction of sp³-hybridized carbons (Fsp3) is 0.400. The lowest BCUT2D eigenvalue weighted by Crippen LogP contribution is -2.16. The standard InChI is InChI=1S/C10H14BrNO2S/c1-6-4-7(2)10(15(12,13)14)8(3)9(6)5-11/h4H,5H2,1-3H3,(H2,12,13,14). The van der Waals surface area contributed by atoms with E-state index in [0.717, 1.165) is 16.7 Å². The van der Waals surface area contributed by atoms with Crippen molar-refractivity contribution in [3.05, 3.63) is 28.3 Å². The van der Waals surface area contributed by atoms with Gasteiger partial charge in [-0.25, -0.2) is 13.6 Å². The molecule has 0 radical (unpaired) electrons. The number of alkyl halides is 1.